The highest BCUT2D eigenvalue weighted by Crippen LogP contribution is 2.07. The summed E-state index contributed by atoms with van der Waals surface area (Å²) in [6, 6.07) is 1.75. The third kappa shape index (κ3) is 3.64. The van der Waals surface area contributed by atoms with Gasteiger partial charge in [-0.25, -0.2) is 12.7 Å². The van der Waals surface area contributed by atoms with Crippen LogP contribution in [-0.4, -0.2) is 31.6 Å². The number of nitrogens with zero attached hydrogens (tertiary/aromatic N) is 2. The van der Waals surface area contributed by atoms with Crippen molar-refractivity contribution in [3.05, 3.63) is 0 Å². The molecule has 0 radical (unpaired) electrons. The predicted octanol–water partition coefficient (Wildman–Crippen LogP) is 1.35. The summed E-state index contributed by atoms with van der Waals surface area (Å²) in [6.07, 6.45) is 2.92. The minimum atomic E-state index is -3.40. The molecule has 0 rings (SSSR count). The van der Waals surface area contributed by atoms with Gasteiger partial charge >= 0.3 is 0 Å². The lowest BCUT2D eigenvalue weighted by atomic mass is 10.2. The monoisotopic (exact) mass is 218 g/mol. The van der Waals surface area contributed by atoms with Crippen molar-refractivity contribution in [1.82, 2.24) is 4.31 Å². The molecule has 0 aromatic heterocycles. The number of nitriles is 1. The normalized spacial score (nSPS) is 13.9. The van der Waals surface area contributed by atoms with Crippen LogP contribution < -0.4 is 0 Å². The van der Waals surface area contributed by atoms with Crippen molar-refractivity contribution >= 4 is 10.0 Å². The Hall–Kier alpha value is -0.600. The van der Waals surface area contributed by atoms with Crippen molar-refractivity contribution in [2.45, 2.75) is 38.4 Å². The third-order valence-electron chi connectivity index (χ3n) is 2.14. The van der Waals surface area contributed by atoms with Gasteiger partial charge in [0.25, 0.3) is 0 Å². The molecule has 0 heterocycles. The minimum Gasteiger partial charge on any atom is -0.211 e. The Kier molecular flexibility index (Phi) is 5.73. The summed E-state index contributed by atoms with van der Waals surface area (Å²) in [5.41, 5.74) is 0. The summed E-state index contributed by atoms with van der Waals surface area (Å²) >= 11 is 0. The summed E-state index contributed by atoms with van der Waals surface area (Å²) in [5.74, 6) is 0. The van der Waals surface area contributed by atoms with E-state index in [0.717, 1.165) is 19.3 Å². The second-order valence-electron chi connectivity index (χ2n) is 3.34. The van der Waals surface area contributed by atoms with E-state index in [-0.39, 0.29) is 0 Å². The topological polar surface area (TPSA) is 61.2 Å². The molecule has 1 atom stereocenters. The van der Waals surface area contributed by atoms with Gasteiger partial charge in [0.05, 0.1) is 6.07 Å². The fourth-order valence-electron chi connectivity index (χ4n) is 1.05. The third-order valence-corrected chi connectivity index (χ3v) is 4.19. The van der Waals surface area contributed by atoms with Crippen LogP contribution in [0.3, 0.4) is 0 Å². The van der Waals surface area contributed by atoms with Crippen LogP contribution in [0.25, 0.3) is 0 Å². The van der Waals surface area contributed by atoms with Gasteiger partial charge in [-0.3, -0.25) is 0 Å². The van der Waals surface area contributed by atoms with E-state index < -0.39 is 15.3 Å². The van der Waals surface area contributed by atoms with Crippen LogP contribution in [0, 0.1) is 11.3 Å². The zero-order valence-electron chi connectivity index (χ0n) is 9.02. The van der Waals surface area contributed by atoms with Crippen LogP contribution in [0.2, 0.25) is 0 Å². The first-order valence-corrected chi connectivity index (χ1v) is 6.32. The molecule has 5 heteroatoms. The van der Waals surface area contributed by atoms with Crippen LogP contribution >= 0.6 is 0 Å². The summed E-state index contributed by atoms with van der Waals surface area (Å²) in [6.45, 7) is 3.97. The first-order valence-electron chi connectivity index (χ1n) is 4.81. The maximum atomic E-state index is 11.6. The van der Waals surface area contributed by atoms with Crippen molar-refractivity contribution in [2.24, 2.45) is 0 Å². The Bertz CT molecular complexity index is 292. The van der Waals surface area contributed by atoms with E-state index >= 15 is 0 Å². The molecule has 0 aliphatic heterocycles. The van der Waals surface area contributed by atoms with Crippen molar-refractivity contribution in [2.75, 3.05) is 13.6 Å². The summed E-state index contributed by atoms with van der Waals surface area (Å²) in [4.78, 5) is 0. The fourth-order valence-corrected chi connectivity index (χ4v) is 2.10. The van der Waals surface area contributed by atoms with E-state index in [0.29, 0.717) is 6.54 Å². The van der Waals surface area contributed by atoms with Crippen LogP contribution in [0.15, 0.2) is 0 Å². The van der Waals surface area contributed by atoms with Gasteiger partial charge in [0.1, 0.15) is 0 Å². The Morgan fingerprint density at radius 3 is 2.43 bits per heavy atom. The highest BCUT2D eigenvalue weighted by atomic mass is 32.2. The quantitative estimate of drug-likeness (QED) is 0.632. The molecule has 1 unspecified atom stereocenters. The first kappa shape index (κ1) is 13.4. The number of rotatable bonds is 6. The van der Waals surface area contributed by atoms with E-state index in [9.17, 15) is 8.42 Å². The van der Waals surface area contributed by atoms with Gasteiger partial charge in [-0.15, -0.1) is 0 Å². The van der Waals surface area contributed by atoms with Gasteiger partial charge in [-0.1, -0.05) is 19.8 Å². The molecule has 0 bridgehead atoms. The highest BCUT2D eigenvalue weighted by molar-refractivity contribution is 7.89. The average Bonchev–Trinajstić information content (AvgIpc) is 2.16. The van der Waals surface area contributed by atoms with E-state index in [1.54, 1.807) is 6.07 Å². The molecular weight excluding hydrogens is 200 g/mol. The largest absolute Gasteiger partial charge is 0.229 e. The molecule has 0 saturated heterocycles. The van der Waals surface area contributed by atoms with E-state index in [4.69, 9.17) is 5.26 Å². The van der Waals surface area contributed by atoms with Crippen molar-refractivity contribution < 1.29 is 8.42 Å². The van der Waals surface area contributed by atoms with Gasteiger partial charge in [0.15, 0.2) is 5.25 Å². The number of hydrogen-bond donors (Lipinski definition) is 0. The molecule has 0 spiro atoms. The van der Waals surface area contributed by atoms with Crippen molar-refractivity contribution in [1.29, 1.82) is 5.26 Å². The number of hydrogen-bond acceptors (Lipinski definition) is 3. The zero-order valence-corrected chi connectivity index (χ0v) is 9.84. The summed E-state index contributed by atoms with van der Waals surface area (Å²) in [5, 5.41) is 7.59. The van der Waals surface area contributed by atoms with E-state index in [1.165, 1.54) is 18.3 Å². The average molecular weight is 218 g/mol. The second kappa shape index (κ2) is 5.99. The molecule has 0 N–H and O–H groups in total. The van der Waals surface area contributed by atoms with Crippen molar-refractivity contribution in [3.8, 4) is 6.07 Å². The minimum absolute atomic E-state index is 0.502. The number of unbranched alkanes of at least 4 members (excludes halogenated alkanes) is 2. The van der Waals surface area contributed by atoms with Gasteiger partial charge in [0, 0.05) is 13.6 Å². The van der Waals surface area contributed by atoms with Crippen LogP contribution in [0.4, 0.5) is 0 Å². The molecule has 0 aliphatic carbocycles. The van der Waals surface area contributed by atoms with Gasteiger partial charge in [0.2, 0.25) is 10.0 Å². The Labute approximate surface area is 86.6 Å². The van der Waals surface area contributed by atoms with Crippen LogP contribution in [-0.2, 0) is 10.0 Å². The number of sulfonamides is 1. The van der Waals surface area contributed by atoms with E-state index in [1.807, 2.05) is 0 Å². The lowest BCUT2D eigenvalue weighted by Crippen LogP contribution is -2.34. The lowest BCUT2D eigenvalue weighted by Gasteiger charge is -2.17. The van der Waals surface area contributed by atoms with Gasteiger partial charge in [-0.2, -0.15) is 5.26 Å². The standard InChI is InChI=1S/C9H18N2O2S/c1-4-5-6-7-11(3)14(12,13)9(2)8-10/h9H,4-7H2,1-3H3. The Morgan fingerprint density at radius 2 is 2.00 bits per heavy atom. The molecule has 0 aliphatic rings. The summed E-state index contributed by atoms with van der Waals surface area (Å²) < 4.78 is 24.4. The van der Waals surface area contributed by atoms with Crippen LogP contribution in [0.1, 0.15) is 33.1 Å². The second-order valence-corrected chi connectivity index (χ2v) is 5.71. The maximum absolute atomic E-state index is 11.6. The predicted molar refractivity (Wildman–Crippen MR) is 56.1 cm³/mol. The molecular formula is C9H18N2O2S. The summed E-state index contributed by atoms with van der Waals surface area (Å²) in [7, 11) is -1.87. The van der Waals surface area contributed by atoms with E-state index in [2.05, 4.69) is 6.92 Å². The van der Waals surface area contributed by atoms with Gasteiger partial charge in [-0.05, 0) is 13.3 Å². The van der Waals surface area contributed by atoms with Gasteiger partial charge < -0.3 is 0 Å². The molecule has 0 aromatic rings. The molecule has 4 nitrogen and oxygen atoms in total. The zero-order chi connectivity index (χ0) is 11.2. The molecule has 0 fully saturated rings. The molecule has 14 heavy (non-hydrogen) atoms. The molecule has 82 valence electrons. The van der Waals surface area contributed by atoms with Crippen LogP contribution in [0.5, 0.6) is 0 Å². The Balaban J connectivity index is 4.24. The Morgan fingerprint density at radius 1 is 1.43 bits per heavy atom. The maximum Gasteiger partial charge on any atom is 0.229 e. The smallest absolute Gasteiger partial charge is 0.211 e. The first-order chi connectivity index (χ1) is 6.46. The fraction of sp³-hybridized carbons (Fsp3) is 0.889. The lowest BCUT2D eigenvalue weighted by molar-refractivity contribution is 0.451. The highest BCUT2D eigenvalue weighted by Gasteiger charge is 2.24. The SMILES string of the molecule is CCCCCN(C)S(=O)(=O)C(C)C#N. The van der Waals surface area contributed by atoms with Crippen molar-refractivity contribution in [3.63, 3.8) is 0 Å². The molecule has 0 amide bonds. The molecule has 0 aromatic carbocycles. The molecule has 0 saturated carbocycles.